The van der Waals surface area contributed by atoms with Gasteiger partial charge in [-0.25, -0.2) is 9.59 Å². The Hall–Kier alpha value is -2.06. The summed E-state index contributed by atoms with van der Waals surface area (Å²) in [5.41, 5.74) is 0. The minimum Gasteiger partial charge on any atom is -0.483 e. The minimum atomic E-state index is -1.26. The standard InChI is InChI=1S/C14H15Cl2NOS.C4H4O4/c1-17-7-6-12(14-3-2-8-19-14)18-13-9-10(15)4-5-11(13)16;5-3(6)1-2-4(7)8/h2-5,8-9,12,17H,6-7H2,1H3;1-2H,(H,5,6)(H,7,8)/b;2-1+/t12-;/m0./s1. The monoisotopic (exact) mass is 431 g/mol. The van der Waals surface area contributed by atoms with Crippen LogP contribution in [0.1, 0.15) is 17.4 Å². The van der Waals surface area contributed by atoms with Crippen LogP contribution in [-0.2, 0) is 9.59 Å². The van der Waals surface area contributed by atoms with Gasteiger partial charge in [-0.05, 0) is 37.2 Å². The number of hydrogen-bond donors (Lipinski definition) is 3. The van der Waals surface area contributed by atoms with Crippen molar-refractivity contribution in [3.63, 3.8) is 0 Å². The maximum absolute atomic E-state index is 9.55. The van der Waals surface area contributed by atoms with Gasteiger partial charge in [0.05, 0.1) is 5.02 Å². The number of carboxylic acid groups (broad SMARTS) is 2. The van der Waals surface area contributed by atoms with Gasteiger partial charge in [-0.2, -0.15) is 0 Å². The molecule has 0 saturated heterocycles. The van der Waals surface area contributed by atoms with Crippen molar-refractivity contribution in [3.8, 4) is 5.75 Å². The molecule has 0 spiro atoms. The highest BCUT2D eigenvalue weighted by molar-refractivity contribution is 7.10. The van der Waals surface area contributed by atoms with E-state index >= 15 is 0 Å². The number of carbonyl (C=O) groups is 2. The molecular weight excluding hydrogens is 413 g/mol. The summed E-state index contributed by atoms with van der Waals surface area (Å²) in [4.78, 5) is 20.3. The zero-order valence-electron chi connectivity index (χ0n) is 14.4. The van der Waals surface area contributed by atoms with Crippen LogP contribution in [0.15, 0.2) is 47.9 Å². The number of benzene rings is 1. The Morgan fingerprint density at radius 3 is 2.41 bits per heavy atom. The summed E-state index contributed by atoms with van der Waals surface area (Å²) in [6, 6.07) is 9.36. The molecule has 0 unspecified atom stereocenters. The number of nitrogens with one attached hydrogen (secondary N) is 1. The number of thiophene rings is 1. The summed E-state index contributed by atoms with van der Waals surface area (Å²) >= 11 is 13.8. The third kappa shape index (κ3) is 9.44. The molecule has 0 fully saturated rings. The lowest BCUT2D eigenvalue weighted by molar-refractivity contribution is -0.134. The first-order chi connectivity index (χ1) is 12.8. The molecule has 1 aromatic heterocycles. The maximum atomic E-state index is 9.55. The fourth-order valence-corrected chi connectivity index (χ4v) is 2.99. The van der Waals surface area contributed by atoms with E-state index in [1.165, 1.54) is 4.88 Å². The summed E-state index contributed by atoms with van der Waals surface area (Å²) in [6.07, 6.45) is 1.98. The van der Waals surface area contributed by atoms with Crippen LogP contribution in [-0.4, -0.2) is 35.7 Å². The predicted molar refractivity (Wildman–Crippen MR) is 107 cm³/mol. The van der Waals surface area contributed by atoms with Crippen LogP contribution >= 0.6 is 34.5 Å². The van der Waals surface area contributed by atoms with Gasteiger partial charge in [0.25, 0.3) is 0 Å². The molecule has 27 heavy (non-hydrogen) atoms. The molecule has 1 atom stereocenters. The summed E-state index contributed by atoms with van der Waals surface area (Å²) in [7, 11) is 1.93. The molecule has 2 rings (SSSR count). The Morgan fingerprint density at radius 1 is 1.22 bits per heavy atom. The van der Waals surface area contributed by atoms with Crippen molar-refractivity contribution in [1.29, 1.82) is 0 Å². The average molecular weight is 432 g/mol. The van der Waals surface area contributed by atoms with Crippen LogP contribution in [0.5, 0.6) is 5.75 Å². The number of carboxylic acids is 2. The molecule has 9 heteroatoms. The molecule has 0 bridgehead atoms. The predicted octanol–water partition coefficient (Wildman–Crippen LogP) is 4.50. The number of ether oxygens (including phenoxy) is 1. The number of halogens is 2. The highest BCUT2D eigenvalue weighted by Gasteiger charge is 2.16. The molecule has 0 radical (unpaired) electrons. The summed E-state index contributed by atoms with van der Waals surface area (Å²) in [6.45, 7) is 0.876. The second kappa shape index (κ2) is 12.3. The van der Waals surface area contributed by atoms with Crippen molar-refractivity contribution in [2.45, 2.75) is 12.5 Å². The third-order valence-corrected chi connectivity index (χ3v) is 4.56. The second-order valence-electron chi connectivity index (χ2n) is 5.10. The fraction of sp³-hybridized carbons (Fsp3) is 0.222. The van der Waals surface area contributed by atoms with Crippen molar-refractivity contribution in [2.24, 2.45) is 0 Å². The number of aliphatic carboxylic acids is 2. The van der Waals surface area contributed by atoms with Gasteiger partial charge < -0.3 is 20.3 Å². The molecule has 3 N–H and O–H groups in total. The van der Waals surface area contributed by atoms with Crippen molar-refractivity contribution in [1.82, 2.24) is 5.32 Å². The van der Waals surface area contributed by atoms with Crippen LogP contribution in [0.25, 0.3) is 0 Å². The topological polar surface area (TPSA) is 95.9 Å². The van der Waals surface area contributed by atoms with E-state index in [-0.39, 0.29) is 6.10 Å². The molecule has 0 aliphatic carbocycles. The molecule has 6 nitrogen and oxygen atoms in total. The van der Waals surface area contributed by atoms with Crippen LogP contribution in [0.2, 0.25) is 10.0 Å². The molecule has 146 valence electrons. The van der Waals surface area contributed by atoms with Crippen LogP contribution in [0.3, 0.4) is 0 Å². The van der Waals surface area contributed by atoms with E-state index in [1.807, 2.05) is 18.5 Å². The largest absolute Gasteiger partial charge is 0.483 e. The van der Waals surface area contributed by atoms with Crippen LogP contribution in [0, 0.1) is 0 Å². The van der Waals surface area contributed by atoms with Crippen LogP contribution < -0.4 is 10.1 Å². The van der Waals surface area contributed by atoms with E-state index in [9.17, 15) is 9.59 Å². The lowest BCUT2D eigenvalue weighted by Crippen LogP contribution is -2.15. The number of rotatable bonds is 8. The van der Waals surface area contributed by atoms with Crippen molar-refractivity contribution < 1.29 is 24.5 Å². The third-order valence-electron chi connectivity index (χ3n) is 3.05. The quantitative estimate of drug-likeness (QED) is 0.532. The smallest absolute Gasteiger partial charge is 0.328 e. The first-order valence-corrected chi connectivity index (χ1v) is 9.40. The van der Waals surface area contributed by atoms with E-state index in [1.54, 1.807) is 29.5 Å². The molecule has 2 aromatic rings. The van der Waals surface area contributed by atoms with Crippen molar-refractivity contribution in [3.05, 3.63) is 62.8 Å². The summed E-state index contributed by atoms with van der Waals surface area (Å²) < 4.78 is 6.03. The Bertz CT molecular complexity index is 749. The van der Waals surface area contributed by atoms with E-state index in [2.05, 4.69) is 11.4 Å². The molecule has 0 saturated carbocycles. The molecule has 0 amide bonds. The van der Waals surface area contributed by atoms with Gasteiger partial charge >= 0.3 is 11.9 Å². The second-order valence-corrected chi connectivity index (χ2v) is 6.92. The Balaban J connectivity index is 0.000000387. The van der Waals surface area contributed by atoms with Gasteiger partial charge in [-0.3, -0.25) is 0 Å². The Kier molecular flexibility index (Phi) is 10.5. The number of hydrogen-bond acceptors (Lipinski definition) is 5. The Morgan fingerprint density at radius 2 is 1.89 bits per heavy atom. The molecule has 1 aromatic carbocycles. The van der Waals surface area contributed by atoms with Gasteiger partial charge in [0.2, 0.25) is 0 Å². The molecule has 0 aliphatic rings. The van der Waals surface area contributed by atoms with Gasteiger partial charge in [-0.15, -0.1) is 11.3 Å². The normalized spacial score (nSPS) is 11.5. The highest BCUT2D eigenvalue weighted by atomic mass is 35.5. The first kappa shape index (κ1) is 23.0. The summed E-state index contributed by atoms with van der Waals surface area (Å²) in [5.74, 6) is -1.89. The zero-order valence-corrected chi connectivity index (χ0v) is 16.7. The van der Waals surface area contributed by atoms with Gasteiger partial charge in [0, 0.05) is 34.5 Å². The lowest BCUT2D eigenvalue weighted by atomic mass is 10.2. The molecule has 1 heterocycles. The van der Waals surface area contributed by atoms with E-state index in [4.69, 9.17) is 38.2 Å². The minimum absolute atomic E-state index is 0.0107. The first-order valence-electron chi connectivity index (χ1n) is 7.77. The van der Waals surface area contributed by atoms with Gasteiger partial charge in [0.1, 0.15) is 11.9 Å². The SMILES string of the molecule is CNCC[C@H](Oc1cc(Cl)ccc1Cl)c1cccs1.O=C(O)/C=C/C(=O)O. The van der Waals surface area contributed by atoms with E-state index in [0.29, 0.717) is 27.9 Å². The van der Waals surface area contributed by atoms with E-state index < -0.39 is 11.9 Å². The van der Waals surface area contributed by atoms with Crippen molar-refractivity contribution >= 4 is 46.5 Å². The summed E-state index contributed by atoms with van der Waals surface area (Å²) in [5, 5.41) is 22.0. The fourth-order valence-electron chi connectivity index (χ4n) is 1.87. The lowest BCUT2D eigenvalue weighted by Gasteiger charge is -2.19. The zero-order chi connectivity index (χ0) is 20.2. The van der Waals surface area contributed by atoms with Crippen LogP contribution in [0.4, 0.5) is 0 Å². The highest BCUT2D eigenvalue weighted by Crippen LogP contribution is 2.34. The average Bonchev–Trinajstić information content (AvgIpc) is 3.15. The Labute approximate surface area is 171 Å². The van der Waals surface area contributed by atoms with Crippen molar-refractivity contribution in [2.75, 3.05) is 13.6 Å². The molecule has 0 aliphatic heterocycles. The van der Waals surface area contributed by atoms with Gasteiger partial charge in [0.15, 0.2) is 0 Å². The van der Waals surface area contributed by atoms with E-state index in [0.717, 1.165) is 13.0 Å². The van der Waals surface area contributed by atoms with Gasteiger partial charge in [-0.1, -0.05) is 29.3 Å². The maximum Gasteiger partial charge on any atom is 0.328 e. The molecular formula is C18H19Cl2NO5S.